The molecule has 0 aliphatic heterocycles. The molecule has 98 valence electrons. The molecule has 0 aromatic carbocycles. The van der Waals surface area contributed by atoms with E-state index in [1.807, 2.05) is 0 Å². The monoisotopic (exact) mass is 242 g/mol. The maximum atomic E-state index is 12.3. The molecule has 0 aromatic rings. The molecule has 1 unspecified atom stereocenters. The van der Waals surface area contributed by atoms with E-state index in [1.165, 1.54) is 11.9 Å². The highest BCUT2D eigenvalue weighted by molar-refractivity contribution is 5.89. The fourth-order valence-corrected chi connectivity index (χ4v) is 2.50. The van der Waals surface area contributed by atoms with Crippen molar-refractivity contribution in [1.29, 1.82) is 0 Å². The number of hydrogen-bond donors (Lipinski definition) is 2. The van der Waals surface area contributed by atoms with E-state index in [0.29, 0.717) is 19.3 Å². The van der Waals surface area contributed by atoms with E-state index in [4.69, 9.17) is 10.8 Å². The van der Waals surface area contributed by atoms with Crippen LogP contribution < -0.4 is 5.73 Å². The summed E-state index contributed by atoms with van der Waals surface area (Å²) in [5.74, 6) is -1.20. The van der Waals surface area contributed by atoms with E-state index < -0.39 is 17.6 Å². The van der Waals surface area contributed by atoms with Gasteiger partial charge < -0.3 is 15.7 Å². The first-order valence-corrected chi connectivity index (χ1v) is 6.21. The summed E-state index contributed by atoms with van der Waals surface area (Å²) >= 11 is 0. The van der Waals surface area contributed by atoms with Gasteiger partial charge in [-0.1, -0.05) is 26.2 Å². The highest BCUT2D eigenvalue weighted by atomic mass is 16.4. The number of nitrogens with two attached hydrogens (primary N) is 1. The minimum atomic E-state index is -0.970. The van der Waals surface area contributed by atoms with Crippen LogP contribution in [0.25, 0.3) is 0 Å². The molecule has 1 atom stereocenters. The molecule has 0 heterocycles. The van der Waals surface area contributed by atoms with E-state index in [2.05, 4.69) is 0 Å². The molecule has 0 bridgehead atoms. The van der Waals surface area contributed by atoms with Gasteiger partial charge in [-0.3, -0.25) is 4.79 Å². The van der Waals surface area contributed by atoms with Crippen LogP contribution >= 0.6 is 0 Å². The van der Waals surface area contributed by atoms with Gasteiger partial charge in [-0.05, 0) is 19.3 Å². The summed E-state index contributed by atoms with van der Waals surface area (Å²) in [6.07, 6.45) is 4.71. The number of carboxylic acid groups (broad SMARTS) is 1. The van der Waals surface area contributed by atoms with Crippen LogP contribution in [-0.2, 0) is 9.59 Å². The number of aliphatic carboxylic acids is 1. The van der Waals surface area contributed by atoms with Gasteiger partial charge in [0, 0.05) is 7.05 Å². The molecule has 1 fully saturated rings. The largest absolute Gasteiger partial charge is 0.480 e. The Balaban J connectivity index is 2.77. The normalized spacial score (nSPS) is 20.6. The Kier molecular flexibility index (Phi) is 4.51. The summed E-state index contributed by atoms with van der Waals surface area (Å²) < 4.78 is 0. The molecule has 1 rings (SSSR count). The van der Waals surface area contributed by atoms with Crippen LogP contribution in [0.5, 0.6) is 0 Å². The molecule has 0 spiro atoms. The van der Waals surface area contributed by atoms with E-state index in [9.17, 15) is 9.59 Å². The zero-order chi connectivity index (χ0) is 13.1. The Morgan fingerprint density at radius 3 is 2.29 bits per heavy atom. The SMILES string of the molecule is CCC(C(=O)O)N(C)C(=O)C1(N)CCCCC1. The van der Waals surface area contributed by atoms with Crippen LogP contribution in [0.15, 0.2) is 0 Å². The number of nitrogens with zero attached hydrogens (tertiary/aromatic N) is 1. The van der Waals surface area contributed by atoms with Crippen molar-refractivity contribution in [3.63, 3.8) is 0 Å². The van der Waals surface area contributed by atoms with Crippen LogP contribution in [0.2, 0.25) is 0 Å². The highest BCUT2D eigenvalue weighted by Gasteiger charge is 2.40. The van der Waals surface area contributed by atoms with Gasteiger partial charge in [0.25, 0.3) is 0 Å². The van der Waals surface area contributed by atoms with Gasteiger partial charge in [0.1, 0.15) is 6.04 Å². The zero-order valence-electron chi connectivity index (χ0n) is 10.6. The van der Waals surface area contributed by atoms with Crippen LogP contribution in [0.3, 0.4) is 0 Å². The molecule has 0 radical (unpaired) electrons. The molecule has 17 heavy (non-hydrogen) atoms. The quantitative estimate of drug-likeness (QED) is 0.769. The maximum Gasteiger partial charge on any atom is 0.326 e. The Morgan fingerprint density at radius 1 is 1.35 bits per heavy atom. The summed E-state index contributed by atoms with van der Waals surface area (Å²) in [6, 6.07) is -0.773. The second kappa shape index (κ2) is 5.49. The molecule has 0 saturated heterocycles. The van der Waals surface area contributed by atoms with E-state index in [-0.39, 0.29) is 5.91 Å². The Morgan fingerprint density at radius 2 is 1.88 bits per heavy atom. The standard InChI is InChI=1S/C12H22N2O3/c1-3-9(10(15)16)14(2)11(17)12(13)7-5-4-6-8-12/h9H,3-8,13H2,1-2H3,(H,15,16). The number of carbonyl (C=O) groups excluding carboxylic acids is 1. The number of hydrogen-bond acceptors (Lipinski definition) is 3. The Labute approximate surface area is 102 Å². The van der Waals surface area contributed by atoms with Gasteiger partial charge in [-0.25, -0.2) is 4.79 Å². The lowest BCUT2D eigenvalue weighted by molar-refractivity contribution is -0.152. The van der Waals surface area contributed by atoms with E-state index in [0.717, 1.165) is 19.3 Å². The second-order valence-electron chi connectivity index (χ2n) is 4.90. The second-order valence-corrected chi connectivity index (χ2v) is 4.90. The van der Waals surface area contributed by atoms with Gasteiger partial charge >= 0.3 is 5.97 Å². The van der Waals surface area contributed by atoms with Gasteiger partial charge in [0.2, 0.25) is 5.91 Å². The predicted molar refractivity (Wildman–Crippen MR) is 64.5 cm³/mol. The maximum absolute atomic E-state index is 12.3. The molecule has 5 nitrogen and oxygen atoms in total. The summed E-state index contributed by atoms with van der Waals surface area (Å²) in [6.45, 7) is 1.76. The van der Waals surface area contributed by atoms with Crippen LogP contribution in [-0.4, -0.2) is 40.5 Å². The summed E-state index contributed by atoms with van der Waals surface area (Å²) in [7, 11) is 1.54. The number of carbonyl (C=O) groups is 2. The third-order valence-electron chi connectivity index (χ3n) is 3.63. The number of rotatable bonds is 4. The van der Waals surface area contributed by atoms with Crippen molar-refractivity contribution in [3.8, 4) is 0 Å². The van der Waals surface area contributed by atoms with E-state index >= 15 is 0 Å². The fraction of sp³-hybridized carbons (Fsp3) is 0.833. The first kappa shape index (κ1) is 14.0. The third-order valence-corrected chi connectivity index (χ3v) is 3.63. The van der Waals surface area contributed by atoms with Crippen LogP contribution in [0.1, 0.15) is 45.4 Å². The van der Waals surface area contributed by atoms with Crippen molar-refractivity contribution in [1.82, 2.24) is 4.90 Å². The van der Waals surface area contributed by atoms with Gasteiger partial charge in [-0.15, -0.1) is 0 Å². The molecule has 5 heteroatoms. The summed E-state index contributed by atoms with van der Waals surface area (Å²) in [4.78, 5) is 24.6. The average molecular weight is 242 g/mol. The number of carboxylic acids is 1. The lowest BCUT2D eigenvalue weighted by Crippen LogP contribution is -2.58. The van der Waals surface area contributed by atoms with Crippen molar-refractivity contribution in [2.24, 2.45) is 5.73 Å². The van der Waals surface area contributed by atoms with Crippen molar-refractivity contribution in [2.75, 3.05) is 7.05 Å². The molecule has 1 saturated carbocycles. The first-order valence-electron chi connectivity index (χ1n) is 6.21. The topological polar surface area (TPSA) is 83.6 Å². The van der Waals surface area contributed by atoms with Gasteiger partial charge in [0.05, 0.1) is 5.54 Å². The van der Waals surface area contributed by atoms with Gasteiger partial charge in [-0.2, -0.15) is 0 Å². The number of amides is 1. The smallest absolute Gasteiger partial charge is 0.326 e. The minimum absolute atomic E-state index is 0.230. The van der Waals surface area contributed by atoms with Crippen LogP contribution in [0, 0.1) is 0 Å². The van der Waals surface area contributed by atoms with Crippen LogP contribution in [0.4, 0.5) is 0 Å². The fourth-order valence-electron chi connectivity index (χ4n) is 2.50. The van der Waals surface area contributed by atoms with Gasteiger partial charge in [0.15, 0.2) is 0 Å². The van der Waals surface area contributed by atoms with Crippen molar-refractivity contribution >= 4 is 11.9 Å². The predicted octanol–water partition coefficient (Wildman–Crippen LogP) is 0.970. The average Bonchev–Trinajstić information content (AvgIpc) is 2.29. The Hall–Kier alpha value is -1.10. The van der Waals surface area contributed by atoms with Crippen molar-refractivity contribution in [2.45, 2.75) is 57.0 Å². The summed E-state index contributed by atoms with van der Waals surface area (Å²) in [5.41, 5.74) is 5.26. The zero-order valence-corrected chi connectivity index (χ0v) is 10.6. The van der Waals surface area contributed by atoms with Crippen molar-refractivity contribution < 1.29 is 14.7 Å². The molecular formula is C12H22N2O3. The lowest BCUT2D eigenvalue weighted by Gasteiger charge is -2.37. The molecule has 1 aliphatic rings. The Bertz CT molecular complexity index is 298. The summed E-state index contributed by atoms with van der Waals surface area (Å²) in [5, 5.41) is 9.04. The van der Waals surface area contributed by atoms with E-state index in [1.54, 1.807) is 6.92 Å². The van der Waals surface area contributed by atoms with Crippen molar-refractivity contribution in [3.05, 3.63) is 0 Å². The molecule has 0 aromatic heterocycles. The minimum Gasteiger partial charge on any atom is -0.480 e. The third kappa shape index (κ3) is 2.97. The molecule has 3 N–H and O–H groups in total. The number of likely N-dealkylation sites (N-methyl/N-ethyl adjacent to an activating group) is 1. The molecule has 1 aliphatic carbocycles. The lowest BCUT2D eigenvalue weighted by atomic mass is 9.81. The molecule has 1 amide bonds. The molecular weight excluding hydrogens is 220 g/mol. The highest BCUT2D eigenvalue weighted by Crippen LogP contribution is 2.28. The first-order chi connectivity index (χ1) is 7.92.